The SMILES string of the molecule is Cc1cc2c(NC3CCCC3CCl)ncnc2s1. The number of hydrogen-bond donors (Lipinski definition) is 1. The van der Waals surface area contributed by atoms with E-state index in [9.17, 15) is 0 Å². The average Bonchev–Trinajstić information content (AvgIpc) is 2.94. The zero-order chi connectivity index (χ0) is 12.5. The molecular weight excluding hydrogens is 266 g/mol. The third-order valence-corrected chi connectivity index (χ3v) is 4.99. The van der Waals surface area contributed by atoms with Crippen molar-refractivity contribution < 1.29 is 0 Å². The van der Waals surface area contributed by atoms with Crippen molar-refractivity contribution in [3.05, 3.63) is 17.3 Å². The summed E-state index contributed by atoms with van der Waals surface area (Å²) in [6, 6.07) is 2.62. The fourth-order valence-electron chi connectivity index (χ4n) is 2.68. The minimum Gasteiger partial charge on any atom is -0.366 e. The summed E-state index contributed by atoms with van der Waals surface area (Å²) in [6.45, 7) is 2.10. The van der Waals surface area contributed by atoms with Crippen molar-refractivity contribution in [2.45, 2.75) is 32.2 Å². The maximum Gasteiger partial charge on any atom is 0.138 e. The molecule has 2 unspecified atom stereocenters. The van der Waals surface area contributed by atoms with Gasteiger partial charge < -0.3 is 5.32 Å². The van der Waals surface area contributed by atoms with E-state index < -0.39 is 0 Å². The molecule has 2 aromatic heterocycles. The van der Waals surface area contributed by atoms with Crippen molar-refractivity contribution in [3.63, 3.8) is 0 Å². The molecule has 0 aromatic carbocycles. The normalized spacial score (nSPS) is 23.7. The van der Waals surface area contributed by atoms with Gasteiger partial charge in [0.25, 0.3) is 0 Å². The van der Waals surface area contributed by atoms with E-state index in [0.29, 0.717) is 12.0 Å². The summed E-state index contributed by atoms with van der Waals surface area (Å²) in [5.74, 6) is 2.26. The van der Waals surface area contributed by atoms with Gasteiger partial charge in [-0.2, -0.15) is 0 Å². The van der Waals surface area contributed by atoms with Crippen molar-refractivity contribution >= 4 is 39.0 Å². The first-order valence-electron chi connectivity index (χ1n) is 6.31. The Bertz CT molecular complexity index is 554. The van der Waals surface area contributed by atoms with Gasteiger partial charge >= 0.3 is 0 Å². The summed E-state index contributed by atoms with van der Waals surface area (Å²) in [5.41, 5.74) is 0. The van der Waals surface area contributed by atoms with Gasteiger partial charge in [0, 0.05) is 16.8 Å². The lowest BCUT2D eigenvalue weighted by atomic mass is 10.1. The van der Waals surface area contributed by atoms with E-state index in [-0.39, 0.29) is 0 Å². The maximum atomic E-state index is 6.02. The number of fused-ring (bicyclic) bond motifs is 1. The van der Waals surface area contributed by atoms with Crippen LogP contribution >= 0.6 is 22.9 Å². The zero-order valence-corrected chi connectivity index (χ0v) is 11.9. The average molecular weight is 282 g/mol. The predicted octanol–water partition coefficient (Wildman–Crippen LogP) is 3.82. The Hall–Kier alpha value is -0.870. The van der Waals surface area contributed by atoms with Crippen LogP contribution in [0.3, 0.4) is 0 Å². The quantitative estimate of drug-likeness (QED) is 0.869. The van der Waals surface area contributed by atoms with Crippen LogP contribution in [0.25, 0.3) is 10.2 Å². The molecule has 2 atom stereocenters. The molecule has 3 rings (SSSR count). The van der Waals surface area contributed by atoms with Crippen LogP contribution in [0, 0.1) is 12.8 Å². The van der Waals surface area contributed by atoms with Crippen LogP contribution in [0.5, 0.6) is 0 Å². The molecule has 2 heterocycles. The van der Waals surface area contributed by atoms with Gasteiger partial charge in [0.1, 0.15) is 17.0 Å². The number of thiophene rings is 1. The Morgan fingerprint density at radius 2 is 2.33 bits per heavy atom. The molecule has 18 heavy (non-hydrogen) atoms. The standard InChI is InChI=1S/C13H16ClN3S/c1-8-5-10-12(15-7-16-13(10)18-8)17-11-4-2-3-9(11)6-14/h5,7,9,11H,2-4,6H2,1H3,(H,15,16,17). The molecule has 2 aromatic rings. The van der Waals surface area contributed by atoms with E-state index in [1.165, 1.54) is 24.1 Å². The van der Waals surface area contributed by atoms with Crippen LogP contribution in [-0.2, 0) is 0 Å². The molecule has 5 heteroatoms. The molecule has 96 valence electrons. The molecule has 0 bridgehead atoms. The third kappa shape index (κ3) is 2.19. The van der Waals surface area contributed by atoms with Crippen LogP contribution in [0.15, 0.2) is 12.4 Å². The molecule has 1 saturated carbocycles. The van der Waals surface area contributed by atoms with Gasteiger partial charge in [0.15, 0.2) is 0 Å². The molecule has 1 aliphatic carbocycles. The fraction of sp³-hybridized carbons (Fsp3) is 0.538. The third-order valence-electron chi connectivity index (χ3n) is 3.63. The first-order chi connectivity index (χ1) is 8.78. The number of nitrogens with one attached hydrogen (secondary N) is 1. The summed E-state index contributed by atoms with van der Waals surface area (Å²) < 4.78 is 0. The highest BCUT2D eigenvalue weighted by molar-refractivity contribution is 7.18. The molecule has 1 N–H and O–H groups in total. The van der Waals surface area contributed by atoms with Gasteiger partial charge in [-0.25, -0.2) is 9.97 Å². The minimum absolute atomic E-state index is 0.459. The Labute approximate surface area is 116 Å². The van der Waals surface area contributed by atoms with Crippen molar-refractivity contribution in [2.75, 3.05) is 11.2 Å². The van der Waals surface area contributed by atoms with Crippen molar-refractivity contribution in [2.24, 2.45) is 5.92 Å². The number of nitrogens with zero attached hydrogens (tertiary/aromatic N) is 2. The summed E-state index contributed by atoms with van der Waals surface area (Å²) in [5, 5.41) is 4.71. The number of hydrogen-bond acceptors (Lipinski definition) is 4. The van der Waals surface area contributed by atoms with Crippen molar-refractivity contribution in [1.29, 1.82) is 0 Å². The monoisotopic (exact) mass is 281 g/mol. The maximum absolute atomic E-state index is 6.02. The lowest BCUT2D eigenvalue weighted by Gasteiger charge is -2.19. The Morgan fingerprint density at radius 3 is 3.17 bits per heavy atom. The van der Waals surface area contributed by atoms with E-state index >= 15 is 0 Å². The van der Waals surface area contributed by atoms with Crippen LogP contribution < -0.4 is 5.32 Å². The fourth-order valence-corrected chi connectivity index (χ4v) is 3.89. The second kappa shape index (κ2) is 5.02. The lowest BCUT2D eigenvalue weighted by Crippen LogP contribution is -2.25. The second-order valence-electron chi connectivity index (χ2n) is 4.89. The van der Waals surface area contributed by atoms with E-state index in [1.54, 1.807) is 17.7 Å². The Kier molecular flexibility index (Phi) is 3.39. The van der Waals surface area contributed by atoms with Gasteiger partial charge in [-0.3, -0.25) is 0 Å². The minimum atomic E-state index is 0.459. The number of aryl methyl sites for hydroxylation is 1. The number of halogens is 1. The smallest absolute Gasteiger partial charge is 0.138 e. The van der Waals surface area contributed by atoms with Crippen molar-refractivity contribution in [1.82, 2.24) is 9.97 Å². The molecule has 0 amide bonds. The van der Waals surface area contributed by atoms with Gasteiger partial charge in [-0.1, -0.05) is 6.42 Å². The molecular formula is C13H16ClN3S. The number of anilines is 1. The largest absolute Gasteiger partial charge is 0.366 e. The number of rotatable bonds is 3. The Balaban J connectivity index is 1.90. The van der Waals surface area contributed by atoms with Crippen LogP contribution in [0.2, 0.25) is 0 Å². The number of aromatic nitrogens is 2. The predicted molar refractivity (Wildman–Crippen MR) is 77.6 cm³/mol. The highest BCUT2D eigenvalue weighted by Gasteiger charge is 2.27. The van der Waals surface area contributed by atoms with Crippen molar-refractivity contribution in [3.8, 4) is 0 Å². The van der Waals surface area contributed by atoms with Gasteiger partial charge in [-0.15, -0.1) is 22.9 Å². The van der Waals surface area contributed by atoms with Gasteiger partial charge in [0.05, 0.1) is 5.39 Å². The topological polar surface area (TPSA) is 37.8 Å². The molecule has 0 radical (unpaired) electrons. The second-order valence-corrected chi connectivity index (χ2v) is 6.44. The van der Waals surface area contributed by atoms with E-state index in [2.05, 4.69) is 28.3 Å². The van der Waals surface area contributed by atoms with Crippen LogP contribution in [0.1, 0.15) is 24.1 Å². The highest BCUT2D eigenvalue weighted by atomic mass is 35.5. The van der Waals surface area contributed by atoms with Crippen LogP contribution in [-0.4, -0.2) is 21.9 Å². The molecule has 0 saturated heterocycles. The van der Waals surface area contributed by atoms with Crippen LogP contribution in [0.4, 0.5) is 5.82 Å². The first kappa shape index (κ1) is 12.2. The lowest BCUT2D eigenvalue weighted by molar-refractivity contribution is 0.561. The van der Waals surface area contributed by atoms with E-state index in [4.69, 9.17) is 11.6 Å². The van der Waals surface area contributed by atoms with E-state index in [1.807, 2.05) is 0 Å². The summed E-state index contributed by atoms with van der Waals surface area (Å²) in [4.78, 5) is 11.0. The summed E-state index contributed by atoms with van der Waals surface area (Å²) in [6.07, 6.45) is 5.31. The Morgan fingerprint density at radius 1 is 1.44 bits per heavy atom. The zero-order valence-electron chi connectivity index (χ0n) is 10.3. The van der Waals surface area contributed by atoms with E-state index in [0.717, 1.165) is 21.9 Å². The highest BCUT2D eigenvalue weighted by Crippen LogP contribution is 2.32. The number of alkyl halides is 1. The molecule has 0 aliphatic heterocycles. The molecule has 1 aliphatic rings. The molecule has 3 nitrogen and oxygen atoms in total. The summed E-state index contributed by atoms with van der Waals surface area (Å²) in [7, 11) is 0. The van der Waals surface area contributed by atoms with Gasteiger partial charge in [-0.05, 0) is 31.7 Å². The van der Waals surface area contributed by atoms with Gasteiger partial charge in [0.2, 0.25) is 0 Å². The molecule has 0 spiro atoms. The summed E-state index contributed by atoms with van der Waals surface area (Å²) >= 11 is 7.73. The first-order valence-corrected chi connectivity index (χ1v) is 7.66. The molecule has 1 fully saturated rings.